The second kappa shape index (κ2) is 6.99. The first-order chi connectivity index (χ1) is 9.93. The van der Waals surface area contributed by atoms with Gasteiger partial charge in [-0.15, -0.1) is 0 Å². The molecule has 1 N–H and O–H groups in total. The van der Waals surface area contributed by atoms with Gasteiger partial charge in [-0.1, -0.05) is 24.6 Å². The summed E-state index contributed by atoms with van der Waals surface area (Å²) < 4.78 is 23.5. The van der Waals surface area contributed by atoms with Crippen molar-refractivity contribution >= 4 is 27.1 Å². The van der Waals surface area contributed by atoms with Crippen LogP contribution in [0.1, 0.15) is 25.8 Å². The van der Waals surface area contributed by atoms with Gasteiger partial charge in [0.15, 0.2) is 9.84 Å². The molecule has 118 valence electrons. The molecule has 0 spiro atoms. The number of rotatable bonds is 5. The van der Waals surface area contributed by atoms with Gasteiger partial charge in [0, 0.05) is 29.8 Å². The van der Waals surface area contributed by atoms with Crippen LogP contribution in [-0.2, 0) is 16.4 Å². The third kappa shape index (κ3) is 4.34. The summed E-state index contributed by atoms with van der Waals surface area (Å²) >= 11 is 6.14. The summed E-state index contributed by atoms with van der Waals surface area (Å²) in [5.41, 5.74) is 2.22. The number of sulfone groups is 1. The molecule has 1 aliphatic rings. The van der Waals surface area contributed by atoms with Gasteiger partial charge in [-0.05, 0) is 37.6 Å². The minimum absolute atomic E-state index is 0.0212. The number of anilines is 1. The molecular formula is C15H23ClN2O2S. The van der Waals surface area contributed by atoms with Gasteiger partial charge >= 0.3 is 0 Å². The minimum atomic E-state index is -2.91. The van der Waals surface area contributed by atoms with Crippen molar-refractivity contribution in [2.75, 3.05) is 29.5 Å². The van der Waals surface area contributed by atoms with Crippen LogP contribution in [0.15, 0.2) is 18.2 Å². The molecule has 2 rings (SSSR count). The second-order valence-corrected chi connectivity index (χ2v) is 8.27. The van der Waals surface area contributed by atoms with Gasteiger partial charge in [0.25, 0.3) is 0 Å². The molecule has 0 saturated carbocycles. The summed E-state index contributed by atoms with van der Waals surface area (Å²) in [4.78, 5) is 2.16. The van der Waals surface area contributed by atoms with Crippen LogP contribution >= 0.6 is 11.6 Å². The molecule has 0 bridgehead atoms. The molecule has 0 amide bonds. The summed E-state index contributed by atoms with van der Waals surface area (Å²) in [7, 11) is -2.91. The van der Waals surface area contributed by atoms with Crippen LogP contribution in [0.3, 0.4) is 0 Å². The van der Waals surface area contributed by atoms with Gasteiger partial charge in [0.1, 0.15) is 0 Å². The van der Waals surface area contributed by atoms with Crippen molar-refractivity contribution in [1.82, 2.24) is 5.32 Å². The van der Waals surface area contributed by atoms with E-state index in [0.717, 1.165) is 25.2 Å². The summed E-state index contributed by atoms with van der Waals surface area (Å²) in [5, 5.41) is 4.08. The van der Waals surface area contributed by atoms with Crippen LogP contribution < -0.4 is 10.2 Å². The van der Waals surface area contributed by atoms with E-state index in [4.69, 9.17) is 11.6 Å². The van der Waals surface area contributed by atoms with Crippen molar-refractivity contribution in [3.63, 3.8) is 0 Å². The lowest BCUT2D eigenvalue weighted by atomic mass is 10.1. The molecule has 21 heavy (non-hydrogen) atoms. The van der Waals surface area contributed by atoms with Crippen LogP contribution in [0.4, 0.5) is 5.69 Å². The lowest BCUT2D eigenvalue weighted by molar-refractivity contribution is 0.567. The molecule has 0 aliphatic carbocycles. The molecule has 1 heterocycles. The molecule has 1 fully saturated rings. The first-order valence-electron chi connectivity index (χ1n) is 7.39. The molecule has 6 heteroatoms. The van der Waals surface area contributed by atoms with E-state index in [1.54, 1.807) is 0 Å². The van der Waals surface area contributed by atoms with E-state index in [-0.39, 0.29) is 17.5 Å². The van der Waals surface area contributed by atoms with Crippen molar-refractivity contribution in [3.8, 4) is 0 Å². The van der Waals surface area contributed by atoms with Crippen LogP contribution in [-0.4, -0.2) is 39.1 Å². The fourth-order valence-corrected chi connectivity index (χ4v) is 4.43. The topological polar surface area (TPSA) is 49.4 Å². The van der Waals surface area contributed by atoms with Crippen molar-refractivity contribution in [1.29, 1.82) is 0 Å². The van der Waals surface area contributed by atoms with Crippen molar-refractivity contribution < 1.29 is 8.42 Å². The minimum Gasteiger partial charge on any atom is -0.366 e. The standard InChI is InChI=1S/C15H23ClN2O2S/c1-3-6-17-10-13-4-5-14(16)9-15(13)18-7-8-21(19,20)11-12(18)2/h4-5,9,12,17H,3,6-8,10-11H2,1-2H3. The first-order valence-corrected chi connectivity index (χ1v) is 9.59. The highest BCUT2D eigenvalue weighted by atomic mass is 35.5. The molecule has 1 aromatic carbocycles. The molecule has 1 aliphatic heterocycles. The number of nitrogens with one attached hydrogen (secondary N) is 1. The Morgan fingerprint density at radius 3 is 2.86 bits per heavy atom. The highest BCUT2D eigenvalue weighted by molar-refractivity contribution is 7.91. The predicted octanol–water partition coefficient (Wildman–Crippen LogP) is 2.46. The zero-order valence-corrected chi connectivity index (χ0v) is 14.2. The van der Waals surface area contributed by atoms with Gasteiger partial charge in [0.2, 0.25) is 0 Å². The SMILES string of the molecule is CCCNCc1ccc(Cl)cc1N1CCS(=O)(=O)CC1C. The maximum Gasteiger partial charge on any atom is 0.154 e. The maximum atomic E-state index is 11.7. The van der Waals surface area contributed by atoms with Crippen molar-refractivity contribution in [2.45, 2.75) is 32.9 Å². The number of halogens is 1. The molecule has 1 saturated heterocycles. The Balaban J connectivity index is 2.23. The molecule has 0 aromatic heterocycles. The third-order valence-corrected chi connectivity index (χ3v) is 5.80. The Bertz CT molecular complexity index is 589. The predicted molar refractivity (Wildman–Crippen MR) is 88.9 cm³/mol. The van der Waals surface area contributed by atoms with Crippen LogP contribution in [0.25, 0.3) is 0 Å². The number of benzene rings is 1. The monoisotopic (exact) mass is 330 g/mol. The van der Waals surface area contributed by atoms with Gasteiger partial charge in [-0.25, -0.2) is 8.42 Å². The van der Waals surface area contributed by atoms with E-state index < -0.39 is 9.84 Å². The van der Waals surface area contributed by atoms with Crippen LogP contribution in [0.5, 0.6) is 0 Å². The molecular weight excluding hydrogens is 308 g/mol. The third-order valence-electron chi connectivity index (χ3n) is 3.77. The molecule has 4 nitrogen and oxygen atoms in total. The Morgan fingerprint density at radius 1 is 1.43 bits per heavy atom. The average molecular weight is 331 g/mol. The Morgan fingerprint density at radius 2 is 2.19 bits per heavy atom. The van der Waals surface area contributed by atoms with Crippen LogP contribution in [0, 0.1) is 0 Å². The number of hydrogen-bond donors (Lipinski definition) is 1. The van der Waals surface area contributed by atoms with E-state index in [9.17, 15) is 8.42 Å². The number of nitrogens with zero attached hydrogens (tertiary/aromatic N) is 1. The van der Waals surface area contributed by atoms with Gasteiger partial charge in [0.05, 0.1) is 11.5 Å². The fraction of sp³-hybridized carbons (Fsp3) is 0.600. The lowest BCUT2D eigenvalue weighted by Gasteiger charge is -2.36. The van der Waals surface area contributed by atoms with Gasteiger partial charge < -0.3 is 10.2 Å². The van der Waals surface area contributed by atoms with E-state index >= 15 is 0 Å². The van der Waals surface area contributed by atoms with Gasteiger partial charge in [-0.2, -0.15) is 0 Å². The Hall–Kier alpha value is -0.780. The zero-order valence-electron chi connectivity index (χ0n) is 12.6. The first kappa shape index (κ1) is 16.6. The van der Waals surface area contributed by atoms with Crippen molar-refractivity contribution in [3.05, 3.63) is 28.8 Å². The summed E-state index contributed by atoms with van der Waals surface area (Å²) in [6.07, 6.45) is 1.08. The Labute approximate surface area is 132 Å². The van der Waals surface area contributed by atoms with E-state index in [0.29, 0.717) is 11.6 Å². The lowest BCUT2D eigenvalue weighted by Crippen LogP contribution is -2.47. The highest BCUT2D eigenvalue weighted by Crippen LogP contribution is 2.28. The number of hydrogen-bond acceptors (Lipinski definition) is 4. The highest BCUT2D eigenvalue weighted by Gasteiger charge is 2.29. The zero-order chi connectivity index (χ0) is 15.5. The molecule has 1 atom stereocenters. The molecule has 1 unspecified atom stereocenters. The quantitative estimate of drug-likeness (QED) is 0.843. The summed E-state index contributed by atoms with van der Waals surface area (Å²) in [5.74, 6) is 0.424. The normalized spacial score (nSPS) is 21.5. The van der Waals surface area contributed by atoms with E-state index in [1.165, 1.54) is 5.56 Å². The maximum absolute atomic E-state index is 11.7. The second-order valence-electron chi connectivity index (χ2n) is 5.61. The van der Waals surface area contributed by atoms with Crippen LogP contribution in [0.2, 0.25) is 5.02 Å². The van der Waals surface area contributed by atoms with E-state index in [2.05, 4.69) is 17.1 Å². The molecule has 1 aromatic rings. The van der Waals surface area contributed by atoms with E-state index in [1.807, 2.05) is 25.1 Å². The average Bonchev–Trinajstić information content (AvgIpc) is 2.40. The molecule has 0 radical (unpaired) electrons. The van der Waals surface area contributed by atoms with Gasteiger partial charge in [-0.3, -0.25) is 0 Å². The Kier molecular flexibility index (Phi) is 5.52. The largest absolute Gasteiger partial charge is 0.366 e. The summed E-state index contributed by atoms with van der Waals surface area (Å²) in [6, 6.07) is 5.83. The van der Waals surface area contributed by atoms with Crippen molar-refractivity contribution in [2.24, 2.45) is 0 Å². The fourth-order valence-electron chi connectivity index (χ4n) is 2.71. The summed E-state index contributed by atoms with van der Waals surface area (Å²) in [6.45, 7) is 6.36. The smallest absolute Gasteiger partial charge is 0.154 e.